The highest BCUT2D eigenvalue weighted by Gasteiger charge is 2.26. The third kappa shape index (κ3) is 3.65. The summed E-state index contributed by atoms with van der Waals surface area (Å²) in [6, 6.07) is 57.3. The van der Waals surface area contributed by atoms with Crippen LogP contribution in [0.1, 0.15) is 0 Å². The normalized spacial score (nSPS) is 12.2. The molecule has 4 heterocycles. The van der Waals surface area contributed by atoms with E-state index in [1.54, 1.807) is 0 Å². The Labute approximate surface area is 298 Å². The van der Waals surface area contributed by atoms with E-state index in [0.717, 1.165) is 39.2 Å². The van der Waals surface area contributed by atoms with E-state index in [-0.39, 0.29) is 0 Å². The van der Waals surface area contributed by atoms with Crippen LogP contribution in [0.2, 0.25) is 0 Å². The van der Waals surface area contributed by atoms with Gasteiger partial charge in [-0.25, -0.2) is 4.98 Å². The van der Waals surface area contributed by atoms with Crippen molar-refractivity contribution in [1.82, 2.24) is 19.1 Å². The van der Waals surface area contributed by atoms with Crippen molar-refractivity contribution in [2.24, 2.45) is 0 Å². The van der Waals surface area contributed by atoms with Crippen molar-refractivity contribution >= 4 is 65.2 Å². The molecule has 0 amide bonds. The lowest BCUT2D eigenvalue weighted by Gasteiger charge is -2.12. The Morgan fingerprint density at radius 1 is 0.385 bits per heavy atom. The molecule has 0 saturated heterocycles. The third-order valence-corrected chi connectivity index (χ3v) is 11.1. The van der Waals surface area contributed by atoms with Crippen molar-refractivity contribution in [2.75, 3.05) is 0 Å². The SMILES string of the molecule is c1ccc(-n2c3ccc(-c4ccc5c(c4)c4ccccc4n5-c4ncc5c6c(cccc46)-c4cccnc4-5)cc3c3c4ccccc4ccc32)cc1. The van der Waals surface area contributed by atoms with Crippen LogP contribution < -0.4 is 0 Å². The van der Waals surface area contributed by atoms with Gasteiger partial charge in [-0.05, 0) is 82.1 Å². The molecule has 11 aromatic rings. The first-order chi connectivity index (χ1) is 25.8. The fourth-order valence-corrected chi connectivity index (χ4v) is 8.91. The van der Waals surface area contributed by atoms with E-state index >= 15 is 0 Å². The van der Waals surface area contributed by atoms with Gasteiger partial charge in [0.15, 0.2) is 0 Å². The number of nitrogens with zero attached hydrogens (tertiary/aromatic N) is 4. The molecule has 1 aliphatic rings. The first-order valence-electron chi connectivity index (χ1n) is 17.7. The molecule has 240 valence electrons. The van der Waals surface area contributed by atoms with Crippen LogP contribution in [0.3, 0.4) is 0 Å². The molecule has 0 aliphatic heterocycles. The predicted octanol–water partition coefficient (Wildman–Crippen LogP) is 12.3. The zero-order valence-corrected chi connectivity index (χ0v) is 28.0. The summed E-state index contributed by atoms with van der Waals surface area (Å²) in [5, 5.41) is 9.83. The van der Waals surface area contributed by atoms with Crippen molar-refractivity contribution in [1.29, 1.82) is 0 Å². The van der Waals surface area contributed by atoms with E-state index in [0.29, 0.717) is 0 Å². The van der Waals surface area contributed by atoms with Crippen LogP contribution >= 0.6 is 0 Å². The van der Waals surface area contributed by atoms with E-state index in [1.807, 2.05) is 18.5 Å². The summed E-state index contributed by atoms with van der Waals surface area (Å²) in [5.41, 5.74) is 12.8. The number of para-hydroxylation sites is 2. The molecule has 0 radical (unpaired) electrons. The Balaban J connectivity index is 1.09. The Kier molecular flexibility index (Phi) is 5.47. The molecular formula is C48H28N4. The van der Waals surface area contributed by atoms with Crippen molar-refractivity contribution in [3.8, 4) is 45.0 Å². The minimum Gasteiger partial charge on any atom is -0.309 e. The van der Waals surface area contributed by atoms with E-state index in [9.17, 15) is 0 Å². The average molecular weight is 661 g/mol. The topological polar surface area (TPSA) is 35.6 Å². The van der Waals surface area contributed by atoms with E-state index in [2.05, 4.69) is 161 Å². The maximum absolute atomic E-state index is 5.17. The van der Waals surface area contributed by atoms with Crippen LogP contribution in [-0.4, -0.2) is 19.1 Å². The van der Waals surface area contributed by atoms with Gasteiger partial charge in [0, 0.05) is 61.5 Å². The molecule has 52 heavy (non-hydrogen) atoms. The maximum atomic E-state index is 5.17. The molecular weight excluding hydrogens is 633 g/mol. The molecule has 1 aliphatic carbocycles. The van der Waals surface area contributed by atoms with Gasteiger partial charge in [-0.1, -0.05) is 103 Å². The van der Waals surface area contributed by atoms with Gasteiger partial charge >= 0.3 is 0 Å². The number of benzene rings is 7. The van der Waals surface area contributed by atoms with Gasteiger partial charge in [-0.2, -0.15) is 0 Å². The number of rotatable bonds is 3. The van der Waals surface area contributed by atoms with E-state index in [4.69, 9.17) is 9.97 Å². The van der Waals surface area contributed by atoms with E-state index in [1.165, 1.54) is 71.0 Å². The highest BCUT2D eigenvalue weighted by atomic mass is 15.1. The van der Waals surface area contributed by atoms with Crippen molar-refractivity contribution in [3.63, 3.8) is 0 Å². The van der Waals surface area contributed by atoms with Crippen molar-refractivity contribution in [2.45, 2.75) is 0 Å². The van der Waals surface area contributed by atoms with Crippen LogP contribution in [0.15, 0.2) is 170 Å². The minimum absolute atomic E-state index is 0.939. The first-order valence-corrected chi connectivity index (χ1v) is 17.7. The van der Waals surface area contributed by atoms with Gasteiger partial charge in [0.2, 0.25) is 0 Å². The van der Waals surface area contributed by atoms with Gasteiger partial charge in [0.1, 0.15) is 5.82 Å². The zero-order chi connectivity index (χ0) is 33.9. The highest BCUT2D eigenvalue weighted by Crippen LogP contribution is 2.48. The Bertz CT molecular complexity index is 3260. The summed E-state index contributed by atoms with van der Waals surface area (Å²) < 4.78 is 4.74. The van der Waals surface area contributed by atoms with Gasteiger partial charge in [0.25, 0.3) is 0 Å². The van der Waals surface area contributed by atoms with Crippen molar-refractivity contribution < 1.29 is 0 Å². The molecule has 4 nitrogen and oxygen atoms in total. The van der Waals surface area contributed by atoms with Crippen molar-refractivity contribution in [3.05, 3.63) is 170 Å². The molecule has 4 heteroatoms. The molecule has 0 N–H and O–H groups in total. The van der Waals surface area contributed by atoms with Crippen LogP contribution in [-0.2, 0) is 0 Å². The molecule has 0 fully saturated rings. The largest absolute Gasteiger partial charge is 0.309 e. The Morgan fingerprint density at radius 3 is 1.96 bits per heavy atom. The highest BCUT2D eigenvalue weighted by molar-refractivity contribution is 6.22. The van der Waals surface area contributed by atoms with Crippen LogP contribution in [0.5, 0.6) is 0 Å². The minimum atomic E-state index is 0.939. The Morgan fingerprint density at radius 2 is 1.08 bits per heavy atom. The quantitative estimate of drug-likeness (QED) is 0.189. The second-order valence-electron chi connectivity index (χ2n) is 13.8. The standard InChI is InChI=1S/C48H28N4/c1-2-11-32(12-3-1)51-43-23-21-31(27-39(43)46-33-13-5-4-10-29(33)19-24-44(46)51)30-20-22-42-38(26-30)34-14-6-7-18-41(34)52(42)48-37-16-8-15-35-36-17-9-25-49-47(36)40(28-50-48)45(35)37/h1-28H. The average Bonchev–Trinajstić information content (AvgIpc) is 3.85. The molecule has 0 atom stereocenters. The van der Waals surface area contributed by atoms with E-state index < -0.39 is 0 Å². The maximum Gasteiger partial charge on any atom is 0.145 e. The fraction of sp³-hybridized carbons (Fsp3) is 0. The molecule has 0 bridgehead atoms. The predicted molar refractivity (Wildman–Crippen MR) is 216 cm³/mol. The van der Waals surface area contributed by atoms with Gasteiger partial charge in [-0.15, -0.1) is 0 Å². The number of hydrogen-bond acceptors (Lipinski definition) is 2. The molecule has 4 aromatic heterocycles. The number of aromatic nitrogens is 4. The summed E-state index contributed by atoms with van der Waals surface area (Å²) in [6.45, 7) is 0. The van der Waals surface area contributed by atoms with Crippen LogP contribution in [0.25, 0.3) is 110 Å². The lowest BCUT2D eigenvalue weighted by molar-refractivity contribution is 1.10. The molecule has 0 unspecified atom stereocenters. The lowest BCUT2D eigenvalue weighted by Crippen LogP contribution is -1.99. The summed E-state index contributed by atoms with van der Waals surface area (Å²) in [4.78, 5) is 9.92. The summed E-state index contributed by atoms with van der Waals surface area (Å²) in [5.74, 6) is 0.939. The second kappa shape index (κ2) is 10.3. The number of hydrogen-bond donors (Lipinski definition) is 0. The number of pyridine rings is 2. The summed E-state index contributed by atoms with van der Waals surface area (Å²) >= 11 is 0. The van der Waals surface area contributed by atoms with Gasteiger partial charge in [-0.3, -0.25) is 9.55 Å². The van der Waals surface area contributed by atoms with Crippen LogP contribution in [0, 0.1) is 0 Å². The third-order valence-electron chi connectivity index (χ3n) is 11.1. The second-order valence-corrected chi connectivity index (χ2v) is 13.8. The molecule has 0 spiro atoms. The smallest absolute Gasteiger partial charge is 0.145 e. The van der Waals surface area contributed by atoms with Gasteiger partial charge < -0.3 is 4.57 Å². The number of fused-ring (bicyclic) bond motifs is 11. The monoisotopic (exact) mass is 660 g/mol. The zero-order valence-electron chi connectivity index (χ0n) is 28.0. The molecule has 0 saturated carbocycles. The first kappa shape index (κ1) is 27.7. The fourth-order valence-electron chi connectivity index (χ4n) is 8.91. The lowest BCUT2D eigenvalue weighted by atomic mass is 9.99. The Hall–Kier alpha value is -7.04. The molecule has 12 rings (SSSR count). The summed E-state index contributed by atoms with van der Waals surface area (Å²) in [6.07, 6.45) is 3.88. The van der Waals surface area contributed by atoms with Gasteiger partial charge in [0.05, 0.1) is 27.8 Å². The van der Waals surface area contributed by atoms with Crippen LogP contribution in [0.4, 0.5) is 0 Å². The molecule has 7 aromatic carbocycles. The summed E-state index contributed by atoms with van der Waals surface area (Å²) in [7, 11) is 0.